The molecule has 0 saturated carbocycles. The molecule has 25 heavy (non-hydrogen) atoms. The lowest BCUT2D eigenvalue weighted by atomic mass is 9.95. The molecule has 1 heterocycles. The molecule has 2 aromatic rings. The molecule has 134 valence electrons. The first-order valence-corrected chi connectivity index (χ1v) is 9.37. The summed E-state index contributed by atoms with van der Waals surface area (Å²) in [5.74, 6) is 0.933. The number of likely N-dealkylation sites (tertiary alicyclic amines) is 1. The molecule has 2 atom stereocenters. The summed E-state index contributed by atoms with van der Waals surface area (Å²) in [6.45, 7) is 4.70. The molecule has 0 N–H and O–H groups in total. The van der Waals surface area contributed by atoms with E-state index in [1.54, 1.807) is 7.11 Å². The number of hydrogen-bond donors (Lipinski definition) is 0. The standard InChI is InChI=1S/C22H30N2O/c1-18(23(2)20-14-8-9-15-21(20)25-3)22(19-12-6-4-7-13-19)24-16-10-5-11-17-24/h4,6-9,12-15,18,22H,5,10-11,16-17H2,1-3H3/t18-,22-/m0/s1. The fourth-order valence-electron chi connectivity index (χ4n) is 3.99. The van der Waals surface area contributed by atoms with Crippen molar-refractivity contribution < 1.29 is 4.74 Å². The number of anilines is 1. The highest BCUT2D eigenvalue weighted by Gasteiger charge is 2.30. The monoisotopic (exact) mass is 338 g/mol. The number of benzene rings is 2. The Bertz CT molecular complexity index is 652. The SMILES string of the molecule is COc1ccccc1N(C)[C@@H](C)[C@@H](c1ccccc1)N1CCCCC1. The minimum Gasteiger partial charge on any atom is -0.495 e. The summed E-state index contributed by atoms with van der Waals surface area (Å²) in [5, 5.41) is 0. The second-order valence-corrected chi connectivity index (χ2v) is 6.98. The lowest BCUT2D eigenvalue weighted by Gasteiger charge is -2.42. The molecule has 0 radical (unpaired) electrons. The van der Waals surface area contributed by atoms with Crippen molar-refractivity contribution in [3.63, 3.8) is 0 Å². The van der Waals surface area contributed by atoms with E-state index in [0.717, 1.165) is 11.4 Å². The van der Waals surface area contributed by atoms with Crippen LogP contribution in [-0.2, 0) is 0 Å². The zero-order valence-corrected chi connectivity index (χ0v) is 15.7. The number of likely N-dealkylation sites (N-methyl/N-ethyl adjacent to an activating group) is 1. The van der Waals surface area contributed by atoms with Crippen molar-refractivity contribution in [3.05, 3.63) is 60.2 Å². The maximum Gasteiger partial charge on any atom is 0.142 e. The molecule has 0 spiro atoms. The Hall–Kier alpha value is -2.00. The van der Waals surface area contributed by atoms with Gasteiger partial charge in [0.1, 0.15) is 5.75 Å². The molecular formula is C22H30N2O. The number of para-hydroxylation sites is 2. The highest BCUT2D eigenvalue weighted by Crippen LogP contribution is 2.35. The summed E-state index contributed by atoms with van der Waals surface area (Å²) in [7, 11) is 3.93. The van der Waals surface area contributed by atoms with Crippen molar-refractivity contribution in [2.75, 3.05) is 32.1 Å². The summed E-state index contributed by atoms with van der Waals surface area (Å²) < 4.78 is 5.59. The Morgan fingerprint density at radius 2 is 1.56 bits per heavy atom. The predicted octanol–water partition coefficient (Wildman–Crippen LogP) is 4.75. The van der Waals surface area contributed by atoms with Gasteiger partial charge in [-0.15, -0.1) is 0 Å². The molecule has 0 aliphatic carbocycles. The number of piperidine rings is 1. The van der Waals surface area contributed by atoms with Gasteiger partial charge in [-0.25, -0.2) is 0 Å². The number of rotatable bonds is 6. The van der Waals surface area contributed by atoms with E-state index >= 15 is 0 Å². The van der Waals surface area contributed by atoms with E-state index in [9.17, 15) is 0 Å². The van der Waals surface area contributed by atoms with Gasteiger partial charge >= 0.3 is 0 Å². The maximum absolute atomic E-state index is 5.59. The van der Waals surface area contributed by atoms with E-state index in [2.05, 4.69) is 66.2 Å². The predicted molar refractivity (Wildman–Crippen MR) is 105 cm³/mol. The Morgan fingerprint density at radius 1 is 0.920 bits per heavy atom. The molecule has 0 bridgehead atoms. The fourth-order valence-corrected chi connectivity index (χ4v) is 3.99. The molecule has 1 fully saturated rings. The van der Waals surface area contributed by atoms with Crippen molar-refractivity contribution >= 4 is 5.69 Å². The lowest BCUT2D eigenvalue weighted by molar-refractivity contribution is 0.145. The molecule has 0 amide bonds. The number of hydrogen-bond acceptors (Lipinski definition) is 3. The number of methoxy groups -OCH3 is 1. The van der Waals surface area contributed by atoms with Crippen LogP contribution in [0.1, 0.15) is 37.8 Å². The zero-order chi connectivity index (χ0) is 17.6. The Labute approximate surface area is 152 Å². The van der Waals surface area contributed by atoms with Crippen molar-refractivity contribution in [3.8, 4) is 5.75 Å². The average Bonchev–Trinajstić information content (AvgIpc) is 2.69. The molecular weight excluding hydrogens is 308 g/mol. The van der Waals surface area contributed by atoms with Gasteiger partial charge in [0.25, 0.3) is 0 Å². The van der Waals surface area contributed by atoms with Gasteiger partial charge in [0.2, 0.25) is 0 Å². The van der Waals surface area contributed by atoms with Gasteiger partial charge in [-0.2, -0.15) is 0 Å². The van der Waals surface area contributed by atoms with Crippen LogP contribution in [0.5, 0.6) is 5.75 Å². The van der Waals surface area contributed by atoms with E-state index in [4.69, 9.17) is 4.74 Å². The Kier molecular flexibility index (Phi) is 5.98. The normalized spacial score (nSPS) is 17.7. The minimum atomic E-state index is 0.344. The third-order valence-corrected chi connectivity index (χ3v) is 5.46. The van der Waals surface area contributed by atoms with Crippen molar-refractivity contribution in [2.45, 2.75) is 38.3 Å². The van der Waals surface area contributed by atoms with E-state index in [-0.39, 0.29) is 0 Å². The second kappa shape index (κ2) is 8.39. The van der Waals surface area contributed by atoms with Gasteiger partial charge in [0.15, 0.2) is 0 Å². The molecule has 1 aliphatic heterocycles. The Morgan fingerprint density at radius 3 is 2.24 bits per heavy atom. The van der Waals surface area contributed by atoms with Gasteiger partial charge in [-0.05, 0) is 50.6 Å². The van der Waals surface area contributed by atoms with Gasteiger partial charge in [-0.1, -0.05) is 48.9 Å². The van der Waals surface area contributed by atoms with Gasteiger partial charge in [-0.3, -0.25) is 4.90 Å². The first-order valence-electron chi connectivity index (χ1n) is 9.37. The molecule has 1 saturated heterocycles. The van der Waals surface area contributed by atoms with Crippen LogP contribution in [0, 0.1) is 0 Å². The minimum absolute atomic E-state index is 0.344. The van der Waals surface area contributed by atoms with Gasteiger partial charge < -0.3 is 9.64 Å². The first kappa shape index (κ1) is 17.8. The van der Waals surface area contributed by atoms with Crippen LogP contribution in [-0.4, -0.2) is 38.2 Å². The largest absolute Gasteiger partial charge is 0.495 e. The molecule has 3 rings (SSSR count). The number of ether oxygens (including phenoxy) is 1. The van der Waals surface area contributed by atoms with Crippen LogP contribution in [0.4, 0.5) is 5.69 Å². The smallest absolute Gasteiger partial charge is 0.142 e. The van der Waals surface area contributed by atoms with Crippen LogP contribution in [0.2, 0.25) is 0 Å². The van der Waals surface area contributed by atoms with E-state index in [1.807, 2.05) is 12.1 Å². The summed E-state index contributed by atoms with van der Waals surface area (Å²) in [5.41, 5.74) is 2.55. The summed E-state index contributed by atoms with van der Waals surface area (Å²) in [6.07, 6.45) is 3.96. The molecule has 1 aliphatic rings. The second-order valence-electron chi connectivity index (χ2n) is 6.98. The van der Waals surface area contributed by atoms with Crippen LogP contribution >= 0.6 is 0 Å². The van der Waals surface area contributed by atoms with Crippen LogP contribution in [0.15, 0.2) is 54.6 Å². The lowest BCUT2D eigenvalue weighted by Crippen LogP contribution is -2.45. The van der Waals surface area contributed by atoms with E-state index in [0.29, 0.717) is 12.1 Å². The number of nitrogens with zero attached hydrogens (tertiary/aromatic N) is 2. The highest BCUT2D eigenvalue weighted by atomic mass is 16.5. The van der Waals surface area contributed by atoms with Crippen LogP contribution < -0.4 is 9.64 Å². The molecule has 0 aromatic heterocycles. The van der Waals surface area contributed by atoms with E-state index in [1.165, 1.54) is 37.9 Å². The average molecular weight is 338 g/mol. The first-order chi connectivity index (χ1) is 12.2. The maximum atomic E-state index is 5.59. The molecule has 3 nitrogen and oxygen atoms in total. The summed E-state index contributed by atoms with van der Waals surface area (Å²) in [6, 6.07) is 20.0. The van der Waals surface area contributed by atoms with Crippen LogP contribution in [0.25, 0.3) is 0 Å². The quantitative estimate of drug-likeness (QED) is 0.756. The van der Waals surface area contributed by atoms with E-state index < -0.39 is 0 Å². The topological polar surface area (TPSA) is 15.7 Å². The van der Waals surface area contributed by atoms with Gasteiger partial charge in [0, 0.05) is 13.1 Å². The molecule has 3 heteroatoms. The third kappa shape index (κ3) is 3.98. The Balaban J connectivity index is 1.91. The molecule has 0 unspecified atom stereocenters. The summed E-state index contributed by atoms with van der Waals surface area (Å²) >= 11 is 0. The van der Waals surface area contributed by atoms with Crippen molar-refractivity contribution in [1.29, 1.82) is 0 Å². The highest BCUT2D eigenvalue weighted by molar-refractivity contribution is 5.58. The third-order valence-electron chi connectivity index (χ3n) is 5.46. The van der Waals surface area contributed by atoms with Crippen molar-refractivity contribution in [2.24, 2.45) is 0 Å². The fraction of sp³-hybridized carbons (Fsp3) is 0.455. The molecule has 2 aromatic carbocycles. The zero-order valence-electron chi connectivity index (χ0n) is 15.7. The van der Waals surface area contributed by atoms with Crippen molar-refractivity contribution in [1.82, 2.24) is 4.90 Å². The van der Waals surface area contributed by atoms with Gasteiger partial charge in [0.05, 0.1) is 18.8 Å². The van der Waals surface area contributed by atoms with Crippen LogP contribution in [0.3, 0.4) is 0 Å². The summed E-state index contributed by atoms with van der Waals surface area (Å²) in [4.78, 5) is 5.03.